The zero-order valence-electron chi connectivity index (χ0n) is 8.00. The molecule has 0 aromatic carbocycles. The first-order chi connectivity index (χ1) is 5.57. The highest BCUT2D eigenvalue weighted by atomic mass is 16.3. The number of aliphatic hydroxyl groups excluding tert-OH is 1. The van der Waals surface area contributed by atoms with E-state index in [4.69, 9.17) is 5.11 Å². The first-order valence-electron chi connectivity index (χ1n) is 4.13. The molecule has 0 aromatic rings. The average molecular weight is 174 g/mol. The van der Waals surface area contributed by atoms with Gasteiger partial charge < -0.3 is 10.4 Å². The standard InChI is InChI=1S/C8H18N2O2/c1-7(6-11)10(3)5-4-9-8(2)12/h7,11H,4-6H2,1-3H3,(H,9,12). The van der Waals surface area contributed by atoms with Crippen molar-refractivity contribution in [1.29, 1.82) is 0 Å². The maximum atomic E-state index is 10.5. The summed E-state index contributed by atoms with van der Waals surface area (Å²) < 4.78 is 0. The fourth-order valence-electron chi connectivity index (χ4n) is 0.768. The molecule has 0 radical (unpaired) electrons. The van der Waals surface area contributed by atoms with Crippen LogP contribution in [-0.2, 0) is 4.79 Å². The Kier molecular flexibility index (Phi) is 5.66. The summed E-state index contributed by atoms with van der Waals surface area (Å²) in [6.45, 7) is 4.98. The number of rotatable bonds is 5. The van der Waals surface area contributed by atoms with Crippen molar-refractivity contribution >= 4 is 5.91 Å². The molecule has 12 heavy (non-hydrogen) atoms. The molecule has 2 N–H and O–H groups in total. The van der Waals surface area contributed by atoms with Gasteiger partial charge in [-0.05, 0) is 14.0 Å². The molecule has 0 aliphatic heterocycles. The molecule has 4 heteroatoms. The fourth-order valence-corrected chi connectivity index (χ4v) is 0.768. The molecule has 0 spiro atoms. The lowest BCUT2D eigenvalue weighted by atomic mass is 10.3. The van der Waals surface area contributed by atoms with Crippen LogP contribution in [0, 0.1) is 0 Å². The van der Waals surface area contributed by atoms with E-state index >= 15 is 0 Å². The number of amides is 1. The van der Waals surface area contributed by atoms with Crippen LogP contribution >= 0.6 is 0 Å². The van der Waals surface area contributed by atoms with E-state index in [-0.39, 0.29) is 18.6 Å². The summed E-state index contributed by atoms with van der Waals surface area (Å²) in [6.07, 6.45) is 0. The summed E-state index contributed by atoms with van der Waals surface area (Å²) in [6, 6.07) is 0.152. The van der Waals surface area contributed by atoms with Gasteiger partial charge in [0.05, 0.1) is 6.61 Å². The molecule has 0 fully saturated rings. The third kappa shape index (κ3) is 5.09. The van der Waals surface area contributed by atoms with Crippen LogP contribution in [-0.4, -0.2) is 48.7 Å². The predicted molar refractivity (Wildman–Crippen MR) is 47.9 cm³/mol. The number of carbonyl (C=O) groups excluding carboxylic acids is 1. The summed E-state index contributed by atoms with van der Waals surface area (Å²) in [5.41, 5.74) is 0. The molecule has 1 amide bonds. The van der Waals surface area contributed by atoms with Crippen LogP contribution in [0.1, 0.15) is 13.8 Å². The molecule has 0 aliphatic carbocycles. The van der Waals surface area contributed by atoms with Crippen molar-refractivity contribution in [3.05, 3.63) is 0 Å². The molecule has 72 valence electrons. The topological polar surface area (TPSA) is 52.6 Å². The third-order valence-electron chi connectivity index (χ3n) is 1.86. The van der Waals surface area contributed by atoms with E-state index in [1.165, 1.54) is 6.92 Å². The van der Waals surface area contributed by atoms with Crippen molar-refractivity contribution < 1.29 is 9.90 Å². The molecule has 0 aliphatic rings. The van der Waals surface area contributed by atoms with Crippen molar-refractivity contribution in [2.45, 2.75) is 19.9 Å². The Labute approximate surface area is 73.6 Å². The molecular formula is C8H18N2O2. The van der Waals surface area contributed by atoms with Crippen LogP contribution in [0.15, 0.2) is 0 Å². The van der Waals surface area contributed by atoms with Crippen LogP contribution in [0.3, 0.4) is 0 Å². The summed E-state index contributed by atoms with van der Waals surface area (Å²) in [5.74, 6) is -0.0138. The van der Waals surface area contributed by atoms with E-state index < -0.39 is 0 Å². The molecule has 0 bridgehead atoms. The van der Waals surface area contributed by atoms with Crippen molar-refractivity contribution in [2.24, 2.45) is 0 Å². The Morgan fingerprint density at radius 1 is 1.67 bits per heavy atom. The van der Waals surface area contributed by atoms with E-state index in [1.54, 1.807) is 0 Å². The van der Waals surface area contributed by atoms with Gasteiger partial charge in [-0.1, -0.05) is 0 Å². The van der Waals surface area contributed by atoms with Crippen molar-refractivity contribution in [1.82, 2.24) is 10.2 Å². The van der Waals surface area contributed by atoms with Gasteiger partial charge in [-0.3, -0.25) is 9.69 Å². The first-order valence-corrected chi connectivity index (χ1v) is 4.13. The van der Waals surface area contributed by atoms with Gasteiger partial charge in [-0.25, -0.2) is 0 Å². The number of nitrogens with zero attached hydrogens (tertiary/aromatic N) is 1. The molecule has 0 rings (SSSR count). The van der Waals surface area contributed by atoms with Crippen LogP contribution in [0.5, 0.6) is 0 Å². The van der Waals surface area contributed by atoms with Crippen molar-refractivity contribution in [3.63, 3.8) is 0 Å². The maximum Gasteiger partial charge on any atom is 0.216 e. The monoisotopic (exact) mass is 174 g/mol. The van der Waals surface area contributed by atoms with Crippen LogP contribution in [0.4, 0.5) is 0 Å². The number of carbonyl (C=O) groups is 1. The second-order valence-electron chi connectivity index (χ2n) is 3.00. The number of hydrogen-bond donors (Lipinski definition) is 2. The summed E-state index contributed by atoms with van der Waals surface area (Å²) in [4.78, 5) is 12.5. The first kappa shape index (κ1) is 11.4. The minimum Gasteiger partial charge on any atom is -0.395 e. The highest BCUT2D eigenvalue weighted by molar-refractivity contribution is 5.72. The van der Waals surface area contributed by atoms with Crippen molar-refractivity contribution in [2.75, 3.05) is 26.7 Å². The number of nitrogens with one attached hydrogen (secondary N) is 1. The minimum atomic E-state index is -0.0138. The lowest BCUT2D eigenvalue weighted by molar-refractivity contribution is -0.119. The van der Waals surface area contributed by atoms with E-state index in [2.05, 4.69) is 5.32 Å². The molecule has 0 saturated heterocycles. The van der Waals surface area contributed by atoms with Gasteiger partial charge in [0.1, 0.15) is 0 Å². The zero-order chi connectivity index (χ0) is 9.56. The minimum absolute atomic E-state index is 0.0138. The zero-order valence-corrected chi connectivity index (χ0v) is 8.00. The number of hydrogen-bond acceptors (Lipinski definition) is 3. The quantitative estimate of drug-likeness (QED) is 0.587. The van der Waals surface area contributed by atoms with Gasteiger partial charge in [0.25, 0.3) is 0 Å². The second-order valence-corrected chi connectivity index (χ2v) is 3.00. The van der Waals surface area contributed by atoms with Gasteiger partial charge in [0.2, 0.25) is 5.91 Å². The van der Waals surface area contributed by atoms with E-state index in [0.717, 1.165) is 6.54 Å². The maximum absolute atomic E-state index is 10.5. The van der Waals surface area contributed by atoms with E-state index in [9.17, 15) is 4.79 Å². The third-order valence-corrected chi connectivity index (χ3v) is 1.86. The van der Waals surface area contributed by atoms with Gasteiger partial charge in [-0.15, -0.1) is 0 Å². The number of aliphatic hydroxyl groups is 1. The fraction of sp³-hybridized carbons (Fsp3) is 0.875. The molecule has 4 nitrogen and oxygen atoms in total. The highest BCUT2D eigenvalue weighted by Gasteiger charge is 2.06. The SMILES string of the molecule is CC(=O)NCCN(C)C(C)CO. The molecule has 0 saturated carbocycles. The Hall–Kier alpha value is -0.610. The summed E-state index contributed by atoms with van der Waals surface area (Å²) in [7, 11) is 1.92. The molecule has 1 unspecified atom stereocenters. The van der Waals surface area contributed by atoms with Crippen LogP contribution in [0.25, 0.3) is 0 Å². The van der Waals surface area contributed by atoms with E-state index in [1.807, 2.05) is 18.9 Å². The van der Waals surface area contributed by atoms with Crippen molar-refractivity contribution in [3.8, 4) is 0 Å². The second kappa shape index (κ2) is 5.97. The largest absolute Gasteiger partial charge is 0.395 e. The van der Waals surface area contributed by atoms with E-state index in [0.29, 0.717) is 6.54 Å². The normalized spacial score (nSPS) is 13.1. The Balaban J connectivity index is 3.43. The lowest BCUT2D eigenvalue weighted by Gasteiger charge is -2.22. The summed E-state index contributed by atoms with van der Waals surface area (Å²) in [5, 5.41) is 11.5. The summed E-state index contributed by atoms with van der Waals surface area (Å²) >= 11 is 0. The number of likely N-dealkylation sites (N-methyl/N-ethyl adjacent to an activating group) is 1. The lowest BCUT2D eigenvalue weighted by Crippen LogP contribution is -2.38. The molecule has 0 aromatic heterocycles. The molecule has 0 heterocycles. The predicted octanol–water partition coefficient (Wildman–Crippen LogP) is -0.565. The van der Waals surface area contributed by atoms with Gasteiger partial charge in [-0.2, -0.15) is 0 Å². The smallest absolute Gasteiger partial charge is 0.216 e. The van der Waals surface area contributed by atoms with Gasteiger partial charge in [0, 0.05) is 26.1 Å². The molecular weight excluding hydrogens is 156 g/mol. The van der Waals surface area contributed by atoms with Crippen LogP contribution < -0.4 is 5.32 Å². The Morgan fingerprint density at radius 3 is 2.67 bits per heavy atom. The average Bonchev–Trinajstić information content (AvgIpc) is 2.02. The van der Waals surface area contributed by atoms with Gasteiger partial charge in [0.15, 0.2) is 0 Å². The van der Waals surface area contributed by atoms with Crippen LogP contribution in [0.2, 0.25) is 0 Å². The van der Waals surface area contributed by atoms with Gasteiger partial charge >= 0.3 is 0 Å². The Morgan fingerprint density at radius 2 is 2.25 bits per heavy atom. The highest BCUT2D eigenvalue weighted by Crippen LogP contribution is 1.91. The Bertz CT molecular complexity index is 139. The molecule has 1 atom stereocenters.